The number of hydrogen-bond donors (Lipinski definition) is 3. The monoisotopic (exact) mass is 1420 g/mol. The smallest absolute Gasteiger partial charge is 0.462 e. The highest BCUT2D eigenvalue weighted by Crippen LogP contribution is 2.45. The number of unbranched alkanes of at least 4 members (excludes halogenated alkanes) is 30. The molecule has 5 unspecified atom stereocenters. The van der Waals surface area contributed by atoms with Crippen molar-refractivity contribution >= 4 is 39.5 Å². The predicted octanol–water partition coefficient (Wildman–Crippen LogP) is 22.0. The summed E-state index contributed by atoms with van der Waals surface area (Å²) in [6.45, 7) is 4.62. The second-order valence-corrected chi connectivity index (χ2v) is 28.5. The number of phosphoric acid groups is 2. The Labute approximate surface area is 595 Å². The number of aliphatic hydroxyl groups excluding tert-OH is 1. The molecule has 0 bridgehead atoms. The maximum atomic E-state index is 13.1. The molecular formula is C79H138O17P2. The number of carbonyl (C=O) groups excluding carboxylic acids is 4. The summed E-state index contributed by atoms with van der Waals surface area (Å²) in [5.74, 6) is -2.21. The Morgan fingerprint density at radius 1 is 0.296 bits per heavy atom. The second kappa shape index (κ2) is 71.4. The van der Waals surface area contributed by atoms with Gasteiger partial charge in [0, 0.05) is 25.7 Å². The van der Waals surface area contributed by atoms with E-state index in [0.29, 0.717) is 25.7 Å². The molecule has 0 fully saturated rings. The lowest BCUT2D eigenvalue weighted by Crippen LogP contribution is -2.30. The summed E-state index contributed by atoms with van der Waals surface area (Å²) < 4.78 is 68.4. The molecule has 0 saturated carbocycles. The van der Waals surface area contributed by atoms with E-state index >= 15 is 0 Å². The number of esters is 4. The summed E-state index contributed by atoms with van der Waals surface area (Å²) in [5.41, 5.74) is 0. The van der Waals surface area contributed by atoms with Gasteiger partial charge in [-0.05, 0) is 135 Å². The molecule has 5 atom stereocenters. The third-order valence-corrected chi connectivity index (χ3v) is 17.9. The normalized spacial score (nSPS) is 14.5. The van der Waals surface area contributed by atoms with Gasteiger partial charge < -0.3 is 33.8 Å². The molecule has 0 heterocycles. The molecule has 0 aromatic rings. The van der Waals surface area contributed by atoms with Crippen LogP contribution >= 0.6 is 15.6 Å². The number of ether oxygens (including phenoxy) is 4. The Hall–Kier alpha value is -4.02. The van der Waals surface area contributed by atoms with Gasteiger partial charge in [-0.2, -0.15) is 0 Å². The van der Waals surface area contributed by atoms with Crippen LogP contribution in [0.3, 0.4) is 0 Å². The minimum atomic E-state index is -4.98. The maximum Gasteiger partial charge on any atom is 0.472 e. The van der Waals surface area contributed by atoms with Gasteiger partial charge in [-0.3, -0.25) is 37.3 Å². The fourth-order valence-electron chi connectivity index (χ4n) is 10.1. The minimum absolute atomic E-state index is 0.0748. The zero-order chi connectivity index (χ0) is 71.8. The first-order chi connectivity index (χ1) is 47.7. The van der Waals surface area contributed by atoms with Crippen molar-refractivity contribution in [3.05, 3.63) is 97.2 Å². The van der Waals surface area contributed by atoms with Gasteiger partial charge in [0.1, 0.15) is 19.3 Å². The van der Waals surface area contributed by atoms with E-state index in [-0.39, 0.29) is 25.7 Å². The van der Waals surface area contributed by atoms with Crippen molar-refractivity contribution in [1.82, 2.24) is 0 Å². The topological polar surface area (TPSA) is 237 Å². The fraction of sp³-hybridized carbons (Fsp3) is 0.747. The zero-order valence-corrected chi connectivity index (χ0v) is 63.5. The van der Waals surface area contributed by atoms with Crippen LogP contribution < -0.4 is 0 Å². The van der Waals surface area contributed by atoms with Crippen molar-refractivity contribution < 1.29 is 80.2 Å². The van der Waals surface area contributed by atoms with E-state index in [1.807, 2.05) is 0 Å². The first kappa shape index (κ1) is 94.0. The number of carbonyl (C=O) groups is 4. The minimum Gasteiger partial charge on any atom is -0.462 e. The summed E-state index contributed by atoms with van der Waals surface area (Å²) in [4.78, 5) is 72.8. The molecule has 0 amide bonds. The van der Waals surface area contributed by atoms with Gasteiger partial charge in [0.25, 0.3) is 0 Å². The number of allylic oxidation sites excluding steroid dienone is 16. The van der Waals surface area contributed by atoms with E-state index < -0.39 is 97.5 Å². The maximum absolute atomic E-state index is 13.1. The molecule has 17 nitrogen and oxygen atoms in total. The largest absolute Gasteiger partial charge is 0.472 e. The second-order valence-electron chi connectivity index (χ2n) is 25.6. The van der Waals surface area contributed by atoms with Crippen LogP contribution in [0.25, 0.3) is 0 Å². The lowest BCUT2D eigenvalue weighted by atomic mass is 10.1. The Bertz CT molecular complexity index is 2240. The first-order valence-corrected chi connectivity index (χ1v) is 41.5. The molecule has 0 aliphatic carbocycles. The third-order valence-electron chi connectivity index (χ3n) is 16.0. The van der Waals surface area contributed by atoms with Crippen LogP contribution in [0.4, 0.5) is 0 Å². The molecule has 3 N–H and O–H groups in total. The van der Waals surface area contributed by atoms with Gasteiger partial charge in [0.15, 0.2) is 12.2 Å². The number of aliphatic hydroxyl groups is 1. The van der Waals surface area contributed by atoms with Crippen LogP contribution in [-0.4, -0.2) is 96.7 Å². The number of hydrogen-bond acceptors (Lipinski definition) is 15. The van der Waals surface area contributed by atoms with Crippen LogP contribution in [0.15, 0.2) is 97.2 Å². The van der Waals surface area contributed by atoms with Crippen LogP contribution in [0, 0.1) is 0 Å². The third kappa shape index (κ3) is 70.4. The average Bonchev–Trinajstić information content (AvgIpc) is 0.972. The van der Waals surface area contributed by atoms with Gasteiger partial charge in [0.2, 0.25) is 0 Å². The van der Waals surface area contributed by atoms with Crippen LogP contribution in [0.1, 0.15) is 323 Å². The summed E-state index contributed by atoms with van der Waals surface area (Å²) >= 11 is 0. The average molecular weight is 1420 g/mol. The highest BCUT2D eigenvalue weighted by atomic mass is 31.2. The highest BCUT2D eigenvalue weighted by Gasteiger charge is 2.30. The number of rotatable bonds is 72. The SMILES string of the molecule is CC/C=C\C/C=C\C/C=C\C/C=C\CCCCCCCCC(=O)OCC(COP(=O)(O)OCC(O)COP(=O)(O)OCC(COC(=O)CCCCCCC/C=C\CCCCCCCC)OC(=O)CCCCCCC/C=C\CCCC)OC(=O)CCCCCCC/C=C\C/C=C\CCC. The molecule has 0 aliphatic rings. The van der Waals surface area contributed by atoms with Gasteiger partial charge in [-0.1, -0.05) is 260 Å². The standard InChI is InChI=1S/C79H138O17P2/c1-5-9-13-17-21-25-29-32-34-35-36-37-39-42-45-48-52-56-60-64-77(82)90-70-75(96-79(84)66-62-58-54-50-46-40-31-27-23-19-15-11-7-3)72-94-98(87,88)92-68-73(80)67-91-97(85,86)93-71-74(95-78(83)65-61-57-53-49-43-28-24-20-16-12-8-4)69-89-76(81)63-59-55-51-47-44-41-38-33-30-26-22-18-14-10-6-2/h9,13,15,19-21,24-25,27,31-34,36-38,73-75,80H,5-8,10-12,14,16-18,22-23,26,28-30,35,39-72H2,1-4H3,(H,85,86)(H,87,88)/b13-9-,19-15-,24-20-,25-21-,31-27-,34-32-,37-36-,38-33-. The van der Waals surface area contributed by atoms with Crippen molar-refractivity contribution in [2.24, 2.45) is 0 Å². The van der Waals surface area contributed by atoms with Gasteiger partial charge in [0.05, 0.1) is 26.4 Å². The Balaban J connectivity index is 5.32. The van der Waals surface area contributed by atoms with E-state index in [2.05, 4.69) is 125 Å². The van der Waals surface area contributed by atoms with Crippen molar-refractivity contribution in [1.29, 1.82) is 0 Å². The molecule has 0 radical (unpaired) electrons. The molecule has 0 spiro atoms. The van der Waals surface area contributed by atoms with Crippen molar-refractivity contribution in [2.75, 3.05) is 39.6 Å². The van der Waals surface area contributed by atoms with E-state index in [0.717, 1.165) is 193 Å². The van der Waals surface area contributed by atoms with Crippen molar-refractivity contribution in [2.45, 2.75) is 341 Å². The Morgan fingerprint density at radius 2 is 0.561 bits per heavy atom. The van der Waals surface area contributed by atoms with E-state index in [4.69, 9.17) is 37.0 Å². The molecule has 0 saturated heterocycles. The Morgan fingerprint density at radius 3 is 0.898 bits per heavy atom. The summed E-state index contributed by atoms with van der Waals surface area (Å²) in [6.07, 6.45) is 74.0. The fourth-order valence-corrected chi connectivity index (χ4v) is 11.7. The molecule has 0 aliphatic heterocycles. The van der Waals surface area contributed by atoms with Gasteiger partial charge in [-0.15, -0.1) is 0 Å². The molecule has 19 heteroatoms. The van der Waals surface area contributed by atoms with Crippen LogP contribution in [-0.2, 0) is 65.4 Å². The molecule has 0 aromatic carbocycles. The van der Waals surface area contributed by atoms with E-state index in [9.17, 15) is 43.2 Å². The zero-order valence-electron chi connectivity index (χ0n) is 61.7. The molecule has 566 valence electrons. The molecule has 0 rings (SSSR count). The van der Waals surface area contributed by atoms with Crippen LogP contribution in [0.2, 0.25) is 0 Å². The summed E-state index contributed by atoms with van der Waals surface area (Å²) in [7, 11) is -9.95. The summed E-state index contributed by atoms with van der Waals surface area (Å²) in [6, 6.07) is 0. The predicted molar refractivity (Wildman–Crippen MR) is 399 cm³/mol. The first-order valence-electron chi connectivity index (χ1n) is 38.5. The Kier molecular flexibility index (Phi) is 68.4. The highest BCUT2D eigenvalue weighted by molar-refractivity contribution is 7.47. The number of phosphoric ester groups is 2. The lowest BCUT2D eigenvalue weighted by molar-refractivity contribution is -0.161. The van der Waals surface area contributed by atoms with E-state index in [1.165, 1.54) is 51.4 Å². The van der Waals surface area contributed by atoms with E-state index in [1.54, 1.807) is 0 Å². The van der Waals surface area contributed by atoms with Crippen molar-refractivity contribution in [3.8, 4) is 0 Å². The lowest BCUT2D eigenvalue weighted by Gasteiger charge is -2.21. The molecule has 98 heavy (non-hydrogen) atoms. The van der Waals surface area contributed by atoms with Gasteiger partial charge >= 0.3 is 39.5 Å². The van der Waals surface area contributed by atoms with Gasteiger partial charge in [-0.25, -0.2) is 9.13 Å². The van der Waals surface area contributed by atoms with Crippen LogP contribution in [0.5, 0.6) is 0 Å². The molecular weight excluding hydrogens is 1280 g/mol. The quantitative estimate of drug-likeness (QED) is 0.0169. The molecule has 0 aromatic heterocycles. The summed E-state index contributed by atoms with van der Waals surface area (Å²) in [5, 5.41) is 10.6. The van der Waals surface area contributed by atoms with Crippen molar-refractivity contribution in [3.63, 3.8) is 0 Å².